The van der Waals surface area contributed by atoms with Gasteiger partial charge in [0.2, 0.25) is 7.85 Å². The van der Waals surface area contributed by atoms with Gasteiger partial charge in [-0.25, -0.2) is 0 Å². The first-order valence-corrected chi connectivity index (χ1v) is 10.6. The smallest absolute Gasteiger partial charge is 0.200 e. The summed E-state index contributed by atoms with van der Waals surface area (Å²) in [5.74, 6) is -0.304. The van der Waals surface area contributed by atoms with Crippen molar-refractivity contribution in [2.75, 3.05) is 24.5 Å². The average Bonchev–Trinajstić information content (AvgIpc) is 2.74. The predicted octanol–water partition coefficient (Wildman–Crippen LogP) is 5.00. The lowest BCUT2D eigenvalue weighted by molar-refractivity contribution is 0.203. The molecular weight excluding hydrogens is 355 g/mol. The van der Waals surface area contributed by atoms with Gasteiger partial charge in [0.1, 0.15) is 0 Å². The van der Waals surface area contributed by atoms with Crippen LogP contribution >= 0.6 is 0 Å². The molecule has 1 saturated heterocycles. The summed E-state index contributed by atoms with van der Waals surface area (Å²) in [6.45, 7) is 6.65. The van der Waals surface area contributed by atoms with E-state index in [1.807, 2.05) is 0 Å². The van der Waals surface area contributed by atoms with Gasteiger partial charge in [-0.15, -0.1) is 0 Å². The number of aryl methyl sites for hydroxylation is 2. The molecule has 0 aliphatic carbocycles. The van der Waals surface area contributed by atoms with Crippen LogP contribution in [0.4, 0.5) is 10.5 Å². The number of benzene rings is 2. The van der Waals surface area contributed by atoms with Gasteiger partial charge in [0.25, 0.3) is 0 Å². The number of anilines is 1. The van der Waals surface area contributed by atoms with Crippen molar-refractivity contribution in [1.29, 1.82) is 0 Å². The van der Waals surface area contributed by atoms with Crippen molar-refractivity contribution in [3.63, 3.8) is 0 Å². The van der Waals surface area contributed by atoms with E-state index in [4.69, 9.17) is 7.85 Å². The standard InChI is InChI=1S/C25H31BN2O/c1-20(2)14-19-28(24-15-17-27(18-16-24)25(26)29)23-12-10-22(11-13-23)9-8-21-6-4-3-5-7-21/h3-7,10-14,24H,8-9,15-19H2,1-2H3. The van der Waals surface area contributed by atoms with E-state index in [0.29, 0.717) is 6.04 Å². The Hall–Kier alpha value is -2.49. The summed E-state index contributed by atoms with van der Waals surface area (Å²) in [5, 5.41) is 0. The molecular formula is C25H31BN2O. The topological polar surface area (TPSA) is 23.6 Å². The molecule has 0 atom stereocenters. The first kappa shape index (κ1) is 21.2. The van der Waals surface area contributed by atoms with E-state index in [1.54, 1.807) is 4.90 Å². The van der Waals surface area contributed by atoms with Crippen molar-refractivity contribution in [3.8, 4) is 0 Å². The number of hydrogen-bond acceptors (Lipinski definition) is 2. The third kappa shape index (κ3) is 6.25. The highest BCUT2D eigenvalue weighted by atomic mass is 16.1. The Labute approximate surface area is 176 Å². The van der Waals surface area contributed by atoms with Crippen molar-refractivity contribution in [2.24, 2.45) is 0 Å². The third-order valence-corrected chi connectivity index (χ3v) is 5.73. The molecule has 2 aromatic rings. The number of hydrogen-bond donors (Lipinski definition) is 0. The van der Waals surface area contributed by atoms with E-state index >= 15 is 0 Å². The first-order valence-electron chi connectivity index (χ1n) is 10.6. The zero-order valence-electron chi connectivity index (χ0n) is 17.7. The maximum absolute atomic E-state index is 11.4. The van der Waals surface area contributed by atoms with E-state index in [2.05, 4.69) is 79.4 Å². The quantitative estimate of drug-likeness (QED) is 0.494. The lowest BCUT2D eigenvalue weighted by Gasteiger charge is -2.39. The first-order chi connectivity index (χ1) is 14.0. The second kappa shape index (κ2) is 10.3. The molecule has 150 valence electrons. The molecule has 0 N–H and O–H groups in total. The summed E-state index contributed by atoms with van der Waals surface area (Å²) < 4.78 is 0. The van der Waals surface area contributed by atoms with Gasteiger partial charge >= 0.3 is 0 Å². The summed E-state index contributed by atoms with van der Waals surface area (Å²) in [7, 11) is 5.45. The summed E-state index contributed by atoms with van der Waals surface area (Å²) in [6, 6.07) is 20.1. The predicted molar refractivity (Wildman–Crippen MR) is 123 cm³/mol. The van der Waals surface area contributed by atoms with E-state index in [-0.39, 0.29) is 5.81 Å². The Kier molecular flexibility index (Phi) is 7.57. The molecule has 3 nitrogen and oxygen atoms in total. The molecule has 2 aromatic carbocycles. The molecule has 0 unspecified atom stereocenters. The molecule has 4 heteroatoms. The summed E-state index contributed by atoms with van der Waals surface area (Å²) in [6.07, 6.45) is 6.30. The number of likely N-dealkylation sites (tertiary alicyclic amines) is 1. The van der Waals surface area contributed by atoms with E-state index in [0.717, 1.165) is 45.3 Å². The van der Waals surface area contributed by atoms with Crippen molar-refractivity contribution in [1.82, 2.24) is 4.90 Å². The van der Waals surface area contributed by atoms with Crippen LogP contribution in [0, 0.1) is 0 Å². The van der Waals surface area contributed by atoms with Crippen LogP contribution in [0.25, 0.3) is 0 Å². The second-order valence-electron chi connectivity index (χ2n) is 8.14. The molecule has 3 rings (SSSR count). The van der Waals surface area contributed by atoms with Crippen molar-refractivity contribution >= 4 is 19.3 Å². The van der Waals surface area contributed by atoms with Crippen molar-refractivity contribution in [2.45, 2.75) is 45.6 Å². The molecule has 0 saturated carbocycles. The van der Waals surface area contributed by atoms with Gasteiger partial charge in [0, 0.05) is 31.4 Å². The molecule has 1 amide bonds. The molecule has 2 radical (unpaired) electrons. The average molecular weight is 386 g/mol. The minimum Gasteiger partial charge on any atom is -0.365 e. The number of carbonyl (C=O) groups excluding carboxylic acids is 1. The fraction of sp³-hybridized carbons (Fsp3) is 0.400. The van der Waals surface area contributed by atoms with Crippen molar-refractivity contribution < 1.29 is 4.79 Å². The Morgan fingerprint density at radius 2 is 1.59 bits per heavy atom. The molecule has 1 fully saturated rings. The van der Waals surface area contributed by atoms with E-state index < -0.39 is 0 Å². The largest absolute Gasteiger partial charge is 0.365 e. The molecule has 1 aliphatic rings. The Balaban J connectivity index is 1.67. The van der Waals surface area contributed by atoms with Crippen LogP contribution in [-0.2, 0) is 12.8 Å². The summed E-state index contributed by atoms with van der Waals surface area (Å²) in [5.41, 5.74) is 5.32. The molecule has 0 spiro atoms. The van der Waals surface area contributed by atoms with Crippen LogP contribution in [0.15, 0.2) is 66.2 Å². The Morgan fingerprint density at radius 3 is 2.14 bits per heavy atom. The molecule has 0 bridgehead atoms. The van der Waals surface area contributed by atoms with Gasteiger partial charge < -0.3 is 9.80 Å². The summed E-state index contributed by atoms with van der Waals surface area (Å²) in [4.78, 5) is 15.7. The minimum atomic E-state index is -0.304. The van der Waals surface area contributed by atoms with Crippen LogP contribution in [-0.4, -0.2) is 44.2 Å². The van der Waals surface area contributed by atoms with Gasteiger partial charge in [-0.1, -0.05) is 54.1 Å². The van der Waals surface area contributed by atoms with Gasteiger partial charge in [-0.3, -0.25) is 4.79 Å². The number of rotatable bonds is 7. The third-order valence-electron chi connectivity index (χ3n) is 5.73. The number of piperidine rings is 1. The minimum absolute atomic E-state index is 0.304. The normalized spacial score (nSPS) is 14.5. The molecule has 29 heavy (non-hydrogen) atoms. The monoisotopic (exact) mass is 386 g/mol. The Bertz CT molecular complexity index is 804. The zero-order valence-corrected chi connectivity index (χ0v) is 17.7. The van der Waals surface area contributed by atoms with Crippen LogP contribution in [0.2, 0.25) is 0 Å². The lowest BCUT2D eigenvalue weighted by Crippen LogP contribution is -2.46. The fourth-order valence-electron chi connectivity index (χ4n) is 3.93. The number of allylic oxidation sites excluding steroid dienone is 1. The van der Waals surface area contributed by atoms with Crippen molar-refractivity contribution in [3.05, 3.63) is 77.4 Å². The number of nitrogens with zero attached hydrogens (tertiary/aromatic N) is 2. The highest BCUT2D eigenvalue weighted by Crippen LogP contribution is 2.25. The number of carbonyl (C=O) groups is 1. The van der Waals surface area contributed by atoms with Crippen LogP contribution in [0.5, 0.6) is 0 Å². The van der Waals surface area contributed by atoms with Gasteiger partial charge in [-0.2, -0.15) is 0 Å². The lowest BCUT2D eigenvalue weighted by atomic mass is 9.98. The van der Waals surface area contributed by atoms with E-state index in [1.165, 1.54) is 22.4 Å². The highest BCUT2D eigenvalue weighted by molar-refractivity contribution is 6.56. The maximum Gasteiger partial charge on any atom is 0.200 e. The van der Waals surface area contributed by atoms with E-state index in [9.17, 15) is 4.79 Å². The summed E-state index contributed by atoms with van der Waals surface area (Å²) >= 11 is 0. The van der Waals surface area contributed by atoms with Gasteiger partial charge in [-0.05, 0) is 62.8 Å². The van der Waals surface area contributed by atoms with Gasteiger partial charge in [0.05, 0.1) is 0 Å². The number of amides is 1. The highest BCUT2D eigenvalue weighted by Gasteiger charge is 2.25. The molecule has 1 aliphatic heterocycles. The van der Waals surface area contributed by atoms with Crippen LogP contribution < -0.4 is 4.90 Å². The fourth-order valence-corrected chi connectivity index (χ4v) is 3.93. The van der Waals surface area contributed by atoms with Crippen LogP contribution in [0.3, 0.4) is 0 Å². The van der Waals surface area contributed by atoms with Gasteiger partial charge in [0.15, 0.2) is 5.81 Å². The Morgan fingerprint density at radius 1 is 1.00 bits per heavy atom. The molecule has 0 aromatic heterocycles. The molecule has 1 heterocycles. The zero-order chi connectivity index (χ0) is 20.6. The van der Waals surface area contributed by atoms with Crippen LogP contribution in [0.1, 0.15) is 37.8 Å². The maximum atomic E-state index is 11.4. The SMILES string of the molecule is [B]C(=O)N1CCC(N(CC=C(C)C)c2ccc(CCc3ccccc3)cc2)CC1. The second-order valence-corrected chi connectivity index (χ2v) is 8.14.